The van der Waals surface area contributed by atoms with E-state index in [1.54, 1.807) is 6.07 Å². The third kappa shape index (κ3) is 4.64. The van der Waals surface area contributed by atoms with Gasteiger partial charge in [-0.15, -0.1) is 0 Å². The Morgan fingerprint density at radius 2 is 1.71 bits per heavy atom. The van der Waals surface area contributed by atoms with Crippen LogP contribution in [0.3, 0.4) is 0 Å². The van der Waals surface area contributed by atoms with Gasteiger partial charge in [-0.25, -0.2) is 14.4 Å². The molecule has 2 heterocycles. The molecular formula is C22H24FN5. The lowest BCUT2D eigenvalue weighted by Gasteiger charge is -2.35. The lowest BCUT2D eigenvalue weighted by atomic mass is 10.2. The predicted octanol–water partition coefficient (Wildman–Crippen LogP) is 3.99. The molecule has 2 aromatic carbocycles. The van der Waals surface area contributed by atoms with Crippen molar-refractivity contribution >= 4 is 17.3 Å². The Bertz CT molecular complexity index is 923. The normalized spacial score (nSPS) is 14.9. The Hall–Kier alpha value is -2.99. The summed E-state index contributed by atoms with van der Waals surface area (Å²) < 4.78 is 13.4. The number of hydrogen-bond donors (Lipinski definition) is 1. The van der Waals surface area contributed by atoms with Crippen molar-refractivity contribution in [2.75, 3.05) is 36.4 Å². The number of hydrogen-bond acceptors (Lipinski definition) is 5. The molecule has 3 aromatic rings. The minimum Gasteiger partial charge on any atom is -0.354 e. The Labute approximate surface area is 164 Å². The molecule has 0 atom stereocenters. The zero-order chi connectivity index (χ0) is 19.3. The standard InChI is InChI=1S/C22H24FN5/c1-17-24-21(26-20-9-5-8-19(23)14-20)15-22(25-17)28-12-10-27(11-13-28)16-18-6-3-2-4-7-18/h2-9,14-15H,10-13,16H2,1H3,(H,24,25,26). The zero-order valence-electron chi connectivity index (χ0n) is 16.0. The predicted molar refractivity (Wildman–Crippen MR) is 110 cm³/mol. The van der Waals surface area contributed by atoms with Crippen LogP contribution in [0.2, 0.25) is 0 Å². The second kappa shape index (κ2) is 8.35. The smallest absolute Gasteiger partial charge is 0.136 e. The number of nitrogens with one attached hydrogen (secondary N) is 1. The first-order valence-corrected chi connectivity index (χ1v) is 9.55. The summed E-state index contributed by atoms with van der Waals surface area (Å²) in [5.74, 6) is 2.01. The molecule has 1 N–H and O–H groups in total. The highest BCUT2D eigenvalue weighted by Gasteiger charge is 2.19. The minimum atomic E-state index is -0.273. The van der Waals surface area contributed by atoms with Gasteiger partial charge in [0.2, 0.25) is 0 Å². The summed E-state index contributed by atoms with van der Waals surface area (Å²) in [6, 6.07) is 18.9. The monoisotopic (exact) mass is 377 g/mol. The Morgan fingerprint density at radius 3 is 2.46 bits per heavy atom. The molecule has 0 unspecified atom stereocenters. The first-order chi connectivity index (χ1) is 13.7. The van der Waals surface area contributed by atoms with Crippen LogP contribution in [0.15, 0.2) is 60.7 Å². The molecule has 4 rings (SSSR count). The largest absolute Gasteiger partial charge is 0.354 e. The topological polar surface area (TPSA) is 44.3 Å². The number of nitrogens with zero attached hydrogens (tertiary/aromatic N) is 4. The van der Waals surface area contributed by atoms with E-state index >= 15 is 0 Å². The van der Waals surface area contributed by atoms with Crippen LogP contribution in [0.25, 0.3) is 0 Å². The van der Waals surface area contributed by atoms with E-state index in [9.17, 15) is 4.39 Å². The van der Waals surface area contributed by atoms with Crippen molar-refractivity contribution in [2.45, 2.75) is 13.5 Å². The average Bonchev–Trinajstić information content (AvgIpc) is 2.69. The van der Waals surface area contributed by atoms with Gasteiger partial charge in [0.05, 0.1) is 0 Å². The van der Waals surface area contributed by atoms with Crippen LogP contribution in [0, 0.1) is 12.7 Å². The van der Waals surface area contributed by atoms with Gasteiger partial charge in [0.1, 0.15) is 23.3 Å². The summed E-state index contributed by atoms with van der Waals surface area (Å²) in [7, 11) is 0. The van der Waals surface area contributed by atoms with E-state index in [0.29, 0.717) is 17.3 Å². The van der Waals surface area contributed by atoms with E-state index in [0.717, 1.165) is 38.5 Å². The fraction of sp³-hybridized carbons (Fsp3) is 0.273. The molecule has 0 bridgehead atoms. The van der Waals surface area contributed by atoms with Crippen LogP contribution in [-0.2, 0) is 6.54 Å². The molecule has 144 valence electrons. The molecule has 0 spiro atoms. The Kier molecular flexibility index (Phi) is 5.48. The molecule has 1 aliphatic heterocycles. The maximum atomic E-state index is 13.4. The van der Waals surface area contributed by atoms with Gasteiger partial charge in [-0.2, -0.15) is 0 Å². The van der Waals surface area contributed by atoms with E-state index in [1.165, 1.54) is 17.7 Å². The third-order valence-corrected chi connectivity index (χ3v) is 4.87. The number of aromatic nitrogens is 2. The first-order valence-electron chi connectivity index (χ1n) is 9.55. The van der Waals surface area contributed by atoms with Crippen LogP contribution in [0.1, 0.15) is 11.4 Å². The molecule has 0 saturated carbocycles. The molecule has 0 amide bonds. The van der Waals surface area contributed by atoms with Crippen LogP contribution in [0.4, 0.5) is 21.7 Å². The van der Waals surface area contributed by atoms with Crippen LogP contribution >= 0.6 is 0 Å². The van der Waals surface area contributed by atoms with Crippen molar-refractivity contribution in [2.24, 2.45) is 0 Å². The Balaban J connectivity index is 1.41. The summed E-state index contributed by atoms with van der Waals surface area (Å²) >= 11 is 0. The van der Waals surface area contributed by atoms with Gasteiger partial charge in [-0.05, 0) is 30.7 Å². The van der Waals surface area contributed by atoms with Gasteiger partial charge in [0, 0.05) is 44.5 Å². The van der Waals surface area contributed by atoms with Crippen molar-refractivity contribution < 1.29 is 4.39 Å². The zero-order valence-corrected chi connectivity index (χ0v) is 16.0. The maximum absolute atomic E-state index is 13.4. The molecule has 5 nitrogen and oxygen atoms in total. The molecule has 0 aliphatic carbocycles. The molecular weight excluding hydrogens is 353 g/mol. The van der Waals surface area contributed by atoms with E-state index in [1.807, 2.05) is 25.1 Å². The van der Waals surface area contributed by atoms with Gasteiger partial charge in [0.25, 0.3) is 0 Å². The van der Waals surface area contributed by atoms with Gasteiger partial charge >= 0.3 is 0 Å². The second-order valence-corrected chi connectivity index (χ2v) is 7.04. The second-order valence-electron chi connectivity index (χ2n) is 7.04. The molecule has 0 radical (unpaired) electrons. The number of aryl methyl sites for hydroxylation is 1. The number of piperazine rings is 1. The van der Waals surface area contributed by atoms with Gasteiger partial charge < -0.3 is 10.2 Å². The highest BCUT2D eigenvalue weighted by molar-refractivity contribution is 5.59. The van der Waals surface area contributed by atoms with Crippen molar-refractivity contribution in [3.8, 4) is 0 Å². The fourth-order valence-electron chi connectivity index (χ4n) is 3.47. The van der Waals surface area contributed by atoms with E-state index < -0.39 is 0 Å². The molecule has 1 aromatic heterocycles. The third-order valence-electron chi connectivity index (χ3n) is 4.87. The van der Waals surface area contributed by atoms with Crippen molar-refractivity contribution in [3.63, 3.8) is 0 Å². The van der Waals surface area contributed by atoms with Crippen LogP contribution < -0.4 is 10.2 Å². The van der Waals surface area contributed by atoms with E-state index in [2.05, 4.69) is 49.4 Å². The van der Waals surface area contributed by atoms with Gasteiger partial charge in [0.15, 0.2) is 0 Å². The van der Waals surface area contributed by atoms with Crippen molar-refractivity contribution in [1.82, 2.24) is 14.9 Å². The summed E-state index contributed by atoms with van der Waals surface area (Å²) in [5.41, 5.74) is 2.02. The SMILES string of the molecule is Cc1nc(Nc2cccc(F)c2)cc(N2CCN(Cc3ccccc3)CC2)n1. The first kappa shape index (κ1) is 18.4. The number of rotatable bonds is 5. The number of halogens is 1. The lowest BCUT2D eigenvalue weighted by Crippen LogP contribution is -2.46. The average molecular weight is 377 g/mol. The number of anilines is 3. The summed E-state index contributed by atoms with van der Waals surface area (Å²) in [5, 5.41) is 3.18. The van der Waals surface area contributed by atoms with Gasteiger partial charge in [-0.1, -0.05) is 36.4 Å². The van der Waals surface area contributed by atoms with Gasteiger partial charge in [-0.3, -0.25) is 4.90 Å². The Morgan fingerprint density at radius 1 is 0.929 bits per heavy atom. The van der Waals surface area contributed by atoms with Crippen LogP contribution in [-0.4, -0.2) is 41.0 Å². The maximum Gasteiger partial charge on any atom is 0.136 e. The fourth-order valence-corrected chi connectivity index (χ4v) is 3.47. The molecule has 1 aliphatic rings. The molecule has 6 heteroatoms. The lowest BCUT2D eigenvalue weighted by molar-refractivity contribution is 0.249. The highest BCUT2D eigenvalue weighted by Crippen LogP contribution is 2.21. The minimum absolute atomic E-state index is 0.273. The molecule has 28 heavy (non-hydrogen) atoms. The summed E-state index contributed by atoms with van der Waals surface area (Å²) in [6.07, 6.45) is 0. The molecule has 1 saturated heterocycles. The molecule has 1 fully saturated rings. The summed E-state index contributed by atoms with van der Waals surface area (Å²) in [4.78, 5) is 13.8. The van der Waals surface area contributed by atoms with E-state index in [4.69, 9.17) is 0 Å². The number of benzene rings is 2. The highest BCUT2D eigenvalue weighted by atomic mass is 19.1. The van der Waals surface area contributed by atoms with Crippen LogP contribution in [0.5, 0.6) is 0 Å². The van der Waals surface area contributed by atoms with Crippen molar-refractivity contribution in [3.05, 3.63) is 77.9 Å². The van der Waals surface area contributed by atoms with E-state index in [-0.39, 0.29) is 5.82 Å². The van der Waals surface area contributed by atoms with Crippen molar-refractivity contribution in [1.29, 1.82) is 0 Å². The quantitative estimate of drug-likeness (QED) is 0.728. The summed E-state index contributed by atoms with van der Waals surface area (Å²) in [6.45, 7) is 6.68.